The van der Waals surface area contributed by atoms with E-state index >= 15 is 0 Å². The molecule has 0 saturated heterocycles. The van der Waals surface area contributed by atoms with E-state index in [4.69, 9.17) is 34.6 Å². The zero-order chi connectivity index (χ0) is 58.5. The Morgan fingerprint density at radius 3 is 1.02 bits per heavy atom. The molecule has 10 rings (SSSR count). The Hall–Kier alpha value is -9.80. The lowest BCUT2D eigenvalue weighted by Crippen LogP contribution is -2.47. The molecule has 416 valence electrons. The molecule has 1 aliphatic heterocycles. The lowest BCUT2D eigenvalue weighted by Gasteiger charge is -2.19. The minimum atomic E-state index is -0.808. The number of methoxy groups -OCH3 is 5. The topological polar surface area (TPSA) is 222 Å². The molecule has 0 saturated carbocycles. The van der Waals surface area contributed by atoms with Gasteiger partial charge in [0, 0.05) is 0 Å². The van der Waals surface area contributed by atoms with Crippen LogP contribution in [0.25, 0.3) is 43.1 Å². The van der Waals surface area contributed by atoms with E-state index in [9.17, 15) is 28.8 Å². The summed E-state index contributed by atoms with van der Waals surface area (Å²) in [5.74, 6) is 4.13. The number of hydrazine groups is 2. The predicted molar refractivity (Wildman–Crippen MR) is 313 cm³/mol. The quantitative estimate of drug-likeness (QED) is 0.0278. The summed E-state index contributed by atoms with van der Waals surface area (Å²) in [6.07, 6.45) is 0. The van der Waals surface area contributed by atoms with Gasteiger partial charge >= 0.3 is 11.9 Å². The Kier molecular flexibility index (Phi) is 19.4. The first-order valence-corrected chi connectivity index (χ1v) is 25.8. The Morgan fingerprint density at radius 2 is 0.716 bits per heavy atom. The largest absolute Gasteiger partial charge is 0.497 e. The van der Waals surface area contributed by atoms with Crippen LogP contribution < -0.4 is 35.6 Å². The van der Waals surface area contributed by atoms with E-state index in [-0.39, 0.29) is 23.7 Å². The molecule has 4 amide bonds. The molecule has 9 aromatic carbocycles. The molecule has 16 heteroatoms. The van der Waals surface area contributed by atoms with E-state index in [1.165, 1.54) is 7.11 Å². The summed E-state index contributed by atoms with van der Waals surface area (Å²) < 4.78 is 25.5. The molecular weight excluding hydrogens is 1030 g/mol. The normalized spacial score (nSPS) is 12.9. The average Bonchev–Trinajstić information content (AvgIpc) is 3.80. The molecule has 0 radical (unpaired) electrons. The van der Waals surface area contributed by atoms with E-state index < -0.39 is 35.5 Å². The van der Waals surface area contributed by atoms with Gasteiger partial charge in [0.15, 0.2) is 0 Å². The van der Waals surface area contributed by atoms with Gasteiger partial charge in [-0.15, -0.1) is 0 Å². The average molecular weight is 1090 g/mol. The zero-order valence-electron chi connectivity index (χ0n) is 46.4. The number of fused-ring (bicyclic) bond motifs is 5. The standard InChI is InChI=1S/C22H18N2O4.C15H16O3.C14H16N2O2.C14H14O3/c1-13(14-7-8-16-12-17(28-2)10-9-15(16)11-14)20(25)23-24-21(26)18-5-3-4-6-19(18)22(24)27;1-10(15(16)18-3)11-4-5-13-9-14(17-2)7-6-12(13)8-11;1-9(14(17)16-15)10-3-4-12-8-13(18-2)6-5-11(12)7-10;1-9(14(15)16)10-3-4-12-8-13(17-2)6-5-11(12)7-10/h3-13H,1-2H3,(H,23,25);4-10H,1-3H3;3-9H,15H2,1-2H3,(H,16,17);3-9H,1-2H3,(H,15,16). The molecule has 1 heterocycles. The number of imide groups is 1. The second kappa shape index (κ2) is 26.7. The molecule has 4 atom stereocenters. The molecule has 0 aliphatic carbocycles. The van der Waals surface area contributed by atoms with Gasteiger partial charge < -0.3 is 28.8 Å². The number of carbonyl (C=O) groups is 6. The maximum Gasteiger partial charge on any atom is 0.312 e. The van der Waals surface area contributed by atoms with Gasteiger partial charge in [-0.05, 0) is 154 Å². The molecule has 16 nitrogen and oxygen atoms in total. The number of amides is 4. The van der Waals surface area contributed by atoms with Crippen molar-refractivity contribution in [2.24, 2.45) is 5.84 Å². The van der Waals surface area contributed by atoms with Crippen LogP contribution >= 0.6 is 0 Å². The van der Waals surface area contributed by atoms with Gasteiger partial charge in [0.25, 0.3) is 11.8 Å². The lowest BCUT2D eigenvalue weighted by molar-refractivity contribution is -0.142. The van der Waals surface area contributed by atoms with Crippen molar-refractivity contribution in [2.75, 3.05) is 35.5 Å². The number of hydrogen-bond acceptors (Lipinski definition) is 12. The highest BCUT2D eigenvalue weighted by Gasteiger charge is 2.37. The highest BCUT2D eigenvalue weighted by molar-refractivity contribution is 6.21. The summed E-state index contributed by atoms with van der Waals surface area (Å²) in [6, 6.07) is 52.9. The van der Waals surface area contributed by atoms with Crippen molar-refractivity contribution in [3.05, 3.63) is 203 Å². The first-order valence-electron chi connectivity index (χ1n) is 25.8. The molecule has 0 fully saturated rings. The maximum absolute atomic E-state index is 12.7. The molecule has 1 aliphatic rings. The fraction of sp³-hybridized carbons (Fsp3) is 0.200. The van der Waals surface area contributed by atoms with Gasteiger partial charge in [-0.2, -0.15) is 5.01 Å². The summed E-state index contributed by atoms with van der Waals surface area (Å²) >= 11 is 0. The number of esters is 1. The number of nitrogens with zero attached hydrogens (tertiary/aromatic N) is 1. The first-order chi connectivity index (χ1) is 38.9. The highest BCUT2D eigenvalue weighted by atomic mass is 16.5. The number of rotatable bonds is 13. The smallest absolute Gasteiger partial charge is 0.312 e. The van der Waals surface area contributed by atoms with Gasteiger partial charge in [0.1, 0.15) is 23.0 Å². The Labute approximate surface area is 469 Å². The van der Waals surface area contributed by atoms with Crippen LogP contribution in [0.3, 0.4) is 0 Å². The summed E-state index contributed by atoms with van der Waals surface area (Å²) in [5, 5.41) is 18.1. The molecule has 5 N–H and O–H groups in total. The third-order valence-corrected chi connectivity index (χ3v) is 14.2. The minimum Gasteiger partial charge on any atom is -0.497 e. The summed E-state index contributed by atoms with van der Waals surface area (Å²) in [4.78, 5) is 71.4. The number of benzene rings is 9. The van der Waals surface area contributed by atoms with E-state index in [0.29, 0.717) is 11.1 Å². The summed E-state index contributed by atoms with van der Waals surface area (Å²) in [5.41, 5.74) is 8.72. The van der Waals surface area contributed by atoms with Crippen molar-refractivity contribution >= 4 is 78.7 Å². The lowest BCUT2D eigenvalue weighted by atomic mass is 9.97. The Morgan fingerprint density at radius 1 is 0.420 bits per heavy atom. The fourth-order valence-corrected chi connectivity index (χ4v) is 8.94. The van der Waals surface area contributed by atoms with Crippen LogP contribution in [-0.2, 0) is 23.9 Å². The van der Waals surface area contributed by atoms with E-state index in [2.05, 4.69) is 10.9 Å². The zero-order valence-corrected chi connectivity index (χ0v) is 46.4. The third kappa shape index (κ3) is 13.9. The molecule has 0 spiro atoms. The number of nitrogens with one attached hydrogen (secondary N) is 2. The number of hydrogen-bond donors (Lipinski definition) is 4. The highest BCUT2D eigenvalue weighted by Crippen LogP contribution is 2.30. The molecule has 81 heavy (non-hydrogen) atoms. The van der Waals surface area contributed by atoms with Gasteiger partial charge in [0.2, 0.25) is 11.8 Å². The van der Waals surface area contributed by atoms with Crippen molar-refractivity contribution < 1.29 is 57.6 Å². The number of carboxylic acids is 1. The second-order valence-electron chi connectivity index (χ2n) is 19.1. The monoisotopic (exact) mass is 1090 g/mol. The van der Waals surface area contributed by atoms with Gasteiger partial charge in [0.05, 0.1) is 70.3 Å². The molecular formula is C65H64N4O12. The number of carboxylic acid groups (broad SMARTS) is 1. The third-order valence-electron chi connectivity index (χ3n) is 14.2. The van der Waals surface area contributed by atoms with Gasteiger partial charge in [-0.25, -0.2) is 5.84 Å². The number of nitrogens with two attached hydrogens (primary N) is 1. The Balaban J connectivity index is 0.000000160. The molecule has 9 aromatic rings. The van der Waals surface area contributed by atoms with Crippen molar-refractivity contribution in [3.8, 4) is 23.0 Å². The van der Waals surface area contributed by atoms with Crippen LogP contribution in [0.1, 0.15) is 94.3 Å². The Bertz CT molecular complexity index is 3660. The fourth-order valence-electron chi connectivity index (χ4n) is 8.94. The van der Waals surface area contributed by atoms with Crippen LogP contribution in [0.2, 0.25) is 0 Å². The molecule has 0 aromatic heterocycles. The van der Waals surface area contributed by atoms with Gasteiger partial charge in [-0.1, -0.05) is 109 Å². The van der Waals surface area contributed by atoms with Crippen LogP contribution in [0.15, 0.2) is 170 Å². The number of carbonyl (C=O) groups excluding carboxylic acids is 5. The van der Waals surface area contributed by atoms with Crippen molar-refractivity contribution in [2.45, 2.75) is 51.4 Å². The minimum absolute atomic E-state index is 0.192. The second-order valence-corrected chi connectivity index (χ2v) is 19.1. The van der Waals surface area contributed by atoms with Crippen LogP contribution in [0.5, 0.6) is 23.0 Å². The molecule has 0 bridgehead atoms. The summed E-state index contributed by atoms with van der Waals surface area (Å²) in [6.45, 7) is 7.09. The predicted octanol–water partition coefficient (Wildman–Crippen LogP) is 11.4. The van der Waals surface area contributed by atoms with Crippen molar-refractivity contribution in [3.63, 3.8) is 0 Å². The van der Waals surface area contributed by atoms with Crippen molar-refractivity contribution in [1.29, 1.82) is 0 Å². The SMILES string of the molecule is COC(=O)C(C)c1ccc2cc(OC)ccc2c1.COc1ccc2cc(C(C)C(=O)NN)ccc2c1.COc1ccc2cc(C(C)C(=O)NN3C(=O)c4ccccc4C3=O)ccc2c1.COc1ccc2cc(C(C)C(=O)O)ccc2c1. The number of ether oxygens (including phenoxy) is 5. The van der Waals surface area contributed by atoms with E-state index in [0.717, 1.165) is 93.4 Å². The van der Waals surface area contributed by atoms with Gasteiger partial charge in [-0.3, -0.25) is 39.6 Å². The van der Waals surface area contributed by atoms with E-state index in [1.807, 2.05) is 159 Å². The summed E-state index contributed by atoms with van der Waals surface area (Å²) in [7, 11) is 7.94. The first kappa shape index (κ1) is 58.9. The number of aliphatic carboxylic acids is 1. The van der Waals surface area contributed by atoms with Crippen molar-refractivity contribution in [1.82, 2.24) is 15.9 Å². The van der Waals surface area contributed by atoms with E-state index in [1.54, 1.807) is 66.6 Å². The van der Waals surface area contributed by atoms with Crippen LogP contribution in [0.4, 0.5) is 0 Å². The van der Waals surface area contributed by atoms with Crippen LogP contribution in [-0.4, -0.2) is 81.2 Å². The maximum atomic E-state index is 12.7. The molecule has 4 unspecified atom stereocenters. The van der Waals surface area contributed by atoms with Crippen LogP contribution in [0, 0.1) is 0 Å².